The molecule has 3 aromatic rings. The summed E-state index contributed by atoms with van der Waals surface area (Å²) in [6.07, 6.45) is 3.62. The number of pyridine rings is 1. The quantitative estimate of drug-likeness (QED) is 0.779. The number of nitrogens with one attached hydrogen (secondary N) is 1. The van der Waals surface area contributed by atoms with Crippen LogP contribution in [0.2, 0.25) is 0 Å². The van der Waals surface area contributed by atoms with Crippen LogP contribution in [-0.4, -0.2) is 14.5 Å². The van der Waals surface area contributed by atoms with Crippen LogP contribution in [0.5, 0.6) is 0 Å². The highest BCUT2D eigenvalue weighted by atomic mass is 15.1. The number of hydrogen-bond acceptors (Lipinski definition) is 3. The fourth-order valence-electron chi connectivity index (χ4n) is 2.18. The van der Waals surface area contributed by atoms with E-state index in [2.05, 4.69) is 46.5 Å². The van der Waals surface area contributed by atoms with Gasteiger partial charge in [0, 0.05) is 19.8 Å². The maximum Gasteiger partial charge on any atom is 0.154 e. The number of benzene rings is 1. The van der Waals surface area contributed by atoms with Crippen molar-refractivity contribution in [2.24, 2.45) is 7.05 Å². The Morgan fingerprint density at radius 2 is 2.00 bits per heavy atom. The van der Waals surface area contributed by atoms with Crippen LogP contribution in [0.1, 0.15) is 11.1 Å². The molecule has 96 valence electrons. The lowest BCUT2D eigenvalue weighted by molar-refractivity contribution is 0.947. The summed E-state index contributed by atoms with van der Waals surface area (Å²) < 4.78 is 2.00. The van der Waals surface area contributed by atoms with Crippen LogP contribution in [0.4, 0.5) is 5.82 Å². The van der Waals surface area contributed by atoms with Gasteiger partial charge in [-0.05, 0) is 24.1 Å². The summed E-state index contributed by atoms with van der Waals surface area (Å²) in [5, 5.41) is 3.37. The fourth-order valence-corrected chi connectivity index (χ4v) is 2.18. The van der Waals surface area contributed by atoms with Crippen LogP contribution in [0.25, 0.3) is 11.0 Å². The van der Waals surface area contributed by atoms with Gasteiger partial charge in [-0.3, -0.25) is 0 Å². The summed E-state index contributed by atoms with van der Waals surface area (Å²) in [4.78, 5) is 8.77. The van der Waals surface area contributed by atoms with Crippen LogP contribution < -0.4 is 5.32 Å². The monoisotopic (exact) mass is 252 g/mol. The average molecular weight is 252 g/mol. The van der Waals surface area contributed by atoms with Gasteiger partial charge in [0.2, 0.25) is 0 Å². The van der Waals surface area contributed by atoms with Crippen molar-refractivity contribution >= 4 is 16.9 Å². The number of nitrogens with zero attached hydrogens (tertiary/aromatic N) is 3. The summed E-state index contributed by atoms with van der Waals surface area (Å²) >= 11 is 0. The van der Waals surface area contributed by atoms with E-state index < -0.39 is 0 Å². The van der Waals surface area contributed by atoms with Gasteiger partial charge in [0.15, 0.2) is 5.82 Å². The Kier molecular flexibility index (Phi) is 2.91. The molecular formula is C15H16N4. The maximum absolute atomic E-state index is 4.39. The van der Waals surface area contributed by atoms with Crippen LogP contribution >= 0.6 is 0 Å². The molecule has 4 heteroatoms. The topological polar surface area (TPSA) is 42.7 Å². The first-order valence-corrected chi connectivity index (χ1v) is 6.30. The van der Waals surface area contributed by atoms with Crippen molar-refractivity contribution in [3.8, 4) is 0 Å². The summed E-state index contributed by atoms with van der Waals surface area (Å²) in [7, 11) is 1.99. The first-order chi connectivity index (χ1) is 9.25. The van der Waals surface area contributed by atoms with Crippen LogP contribution in [0.3, 0.4) is 0 Å². The van der Waals surface area contributed by atoms with E-state index in [1.54, 1.807) is 0 Å². The van der Waals surface area contributed by atoms with Crippen molar-refractivity contribution in [2.45, 2.75) is 13.5 Å². The molecule has 0 aliphatic heterocycles. The molecule has 0 aliphatic carbocycles. The van der Waals surface area contributed by atoms with E-state index in [9.17, 15) is 0 Å². The van der Waals surface area contributed by atoms with Crippen LogP contribution in [-0.2, 0) is 13.6 Å². The van der Waals surface area contributed by atoms with Crippen LogP contribution in [0, 0.1) is 6.92 Å². The first kappa shape index (κ1) is 11.7. The largest absolute Gasteiger partial charge is 0.364 e. The molecule has 0 bridgehead atoms. The Bertz CT molecular complexity index is 715. The lowest BCUT2D eigenvalue weighted by Crippen LogP contribution is -2.03. The molecule has 0 aliphatic rings. The van der Waals surface area contributed by atoms with E-state index in [0.717, 1.165) is 23.4 Å². The zero-order valence-corrected chi connectivity index (χ0v) is 11.1. The SMILES string of the molecule is Cc1ccccc1CNc1nccc2c1ncn2C. The first-order valence-electron chi connectivity index (χ1n) is 6.30. The van der Waals surface area contributed by atoms with E-state index in [-0.39, 0.29) is 0 Å². The molecule has 0 amide bonds. The van der Waals surface area contributed by atoms with Crippen molar-refractivity contribution in [1.29, 1.82) is 0 Å². The highest BCUT2D eigenvalue weighted by Gasteiger charge is 2.06. The van der Waals surface area contributed by atoms with Crippen molar-refractivity contribution in [3.05, 3.63) is 54.0 Å². The molecule has 0 atom stereocenters. The van der Waals surface area contributed by atoms with Gasteiger partial charge in [-0.1, -0.05) is 24.3 Å². The van der Waals surface area contributed by atoms with E-state index in [0.29, 0.717) is 0 Å². The second-order valence-electron chi connectivity index (χ2n) is 4.66. The Balaban J connectivity index is 1.88. The number of hydrogen-bond donors (Lipinski definition) is 1. The van der Waals surface area contributed by atoms with Crippen molar-refractivity contribution in [2.75, 3.05) is 5.32 Å². The number of imidazole rings is 1. The summed E-state index contributed by atoms with van der Waals surface area (Å²) in [5.74, 6) is 0.835. The summed E-state index contributed by atoms with van der Waals surface area (Å²) in [6.45, 7) is 2.88. The number of aromatic nitrogens is 3. The van der Waals surface area contributed by atoms with E-state index in [1.807, 2.05) is 30.2 Å². The van der Waals surface area contributed by atoms with E-state index in [1.165, 1.54) is 11.1 Å². The minimum atomic E-state index is 0.759. The zero-order chi connectivity index (χ0) is 13.2. The zero-order valence-electron chi connectivity index (χ0n) is 11.1. The molecule has 1 N–H and O–H groups in total. The average Bonchev–Trinajstić information content (AvgIpc) is 2.81. The second-order valence-corrected chi connectivity index (χ2v) is 4.66. The number of rotatable bonds is 3. The number of fused-ring (bicyclic) bond motifs is 1. The molecule has 0 saturated carbocycles. The van der Waals surface area contributed by atoms with E-state index >= 15 is 0 Å². The Labute approximate surface area is 112 Å². The van der Waals surface area contributed by atoms with Crippen molar-refractivity contribution in [1.82, 2.24) is 14.5 Å². The van der Waals surface area contributed by atoms with Gasteiger partial charge in [0.05, 0.1) is 11.8 Å². The highest BCUT2D eigenvalue weighted by molar-refractivity contribution is 5.85. The number of aryl methyl sites for hydroxylation is 2. The minimum absolute atomic E-state index is 0.759. The molecule has 2 aromatic heterocycles. The van der Waals surface area contributed by atoms with Gasteiger partial charge in [0.25, 0.3) is 0 Å². The Hall–Kier alpha value is -2.36. The Morgan fingerprint density at radius 1 is 1.16 bits per heavy atom. The third-order valence-electron chi connectivity index (χ3n) is 3.35. The molecule has 0 spiro atoms. The van der Waals surface area contributed by atoms with Crippen molar-refractivity contribution in [3.63, 3.8) is 0 Å². The number of anilines is 1. The third kappa shape index (κ3) is 2.17. The molecular weight excluding hydrogens is 236 g/mol. The third-order valence-corrected chi connectivity index (χ3v) is 3.35. The summed E-state index contributed by atoms with van der Waals surface area (Å²) in [6, 6.07) is 10.3. The minimum Gasteiger partial charge on any atom is -0.364 e. The smallest absolute Gasteiger partial charge is 0.154 e. The van der Waals surface area contributed by atoms with Gasteiger partial charge in [-0.2, -0.15) is 0 Å². The van der Waals surface area contributed by atoms with Gasteiger partial charge in [0.1, 0.15) is 5.52 Å². The van der Waals surface area contributed by atoms with Crippen molar-refractivity contribution < 1.29 is 0 Å². The molecule has 19 heavy (non-hydrogen) atoms. The predicted molar refractivity (Wildman–Crippen MR) is 77.0 cm³/mol. The molecule has 0 fully saturated rings. The molecule has 0 radical (unpaired) electrons. The van der Waals surface area contributed by atoms with Gasteiger partial charge < -0.3 is 9.88 Å². The molecule has 2 heterocycles. The highest BCUT2D eigenvalue weighted by Crippen LogP contribution is 2.19. The molecule has 4 nitrogen and oxygen atoms in total. The van der Waals surface area contributed by atoms with Gasteiger partial charge >= 0.3 is 0 Å². The van der Waals surface area contributed by atoms with Gasteiger partial charge in [-0.15, -0.1) is 0 Å². The van der Waals surface area contributed by atoms with Gasteiger partial charge in [-0.25, -0.2) is 9.97 Å². The summed E-state index contributed by atoms with van der Waals surface area (Å²) in [5.41, 5.74) is 4.56. The predicted octanol–water partition coefficient (Wildman–Crippen LogP) is 2.89. The lowest BCUT2D eigenvalue weighted by atomic mass is 10.1. The fraction of sp³-hybridized carbons (Fsp3) is 0.200. The van der Waals surface area contributed by atoms with Crippen LogP contribution in [0.15, 0.2) is 42.9 Å². The normalized spacial score (nSPS) is 10.8. The maximum atomic E-state index is 4.39. The standard InChI is InChI=1S/C15H16N4/c1-11-5-3-4-6-12(11)9-17-15-14-13(7-8-16-15)19(2)10-18-14/h3-8,10H,9H2,1-2H3,(H,16,17). The molecule has 1 aromatic carbocycles. The Morgan fingerprint density at radius 3 is 2.84 bits per heavy atom. The molecule has 3 rings (SSSR count). The lowest BCUT2D eigenvalue weighted by Gasteiger charge is -2.08. The molecule has 0 saturated heterocycles. The second kappa shape index (κ2) is 4.72. The molecule has 0 unspecified atom stereocenters. The van der Waals surface area contributed by atoms with E-state index in [4.69, 9.17) is 0 Å².